The molecule has 6 nitrogen and oxygen atoms in total. The Labute approximate surface area is 97.5 Å². The Hall–Kier alpha value is -1.82. The van der Waals surface area contributed by atoms with E-state index >= 15 is 0 Å². The van der Waals surface area contributed by atoms with Gasteiger partial charge in [0.05, 0.1) is 18.4 Å². The summed E-state index contributed by atoms with van der Waals surface area (Å²) in [6.45, 7) is 3.64. The van der Waals surface area contributed by atoms with Gasteiger partial charge in [-0.3, -0.25) is 0 Å². The second-order valence-electron chi connectivity index (χ2n) is 4.44. The third kappa shape index (κ3) is 2.85. The molecule has 0 amide bonds. The first kappa shape index (κ1) is 11.7. The van der Waals surface area contributed by atoms with Crippen molar-refractivity contribution < 1.29 is 13.9 Å². The number of nitrogens with zero attached hydrogens (tertiary/aromatic N) is 2. The highest BCUT2D eigenvalue weighted by Crippen LogP contribution is 2.15. The fourth-order valence-electron chi connectivity index (χ4n) is 1.33. The smallest absolute Gasteiger partial charge is 0.437 e. The van der Waals surface area contributed by atoms with Gasteiger partial charge in [-0.05, 0) is 32.4 Å². The highest BCUT2D eigenvalue weighted by Gasteiger charge is 2.16. The summed E-state index contributed by atoms with van der Waals surface area (Å²) in [6.07, 6.45) is 1.89. The van der Waals surface area contributed by atoms with Crippen LogP contribution in [-0.2, 0) is 6.54 Å². The molecule has 0 aliphatic rings. The zero-order valence-electron chi connectivity index (χ0n) is 9.71. The molecule has 0 bridgehead atoms. The summed E-state index contributed by atoms with van der Waals surface area (Å²) >= 11 is 0. The highest BCUT2D eigenvalue weighted by atomic mass is 16.4. The second kappa shape index (κ2) is 4.21. The molecule has 1 N–H and O–H groups in total. The van der Waals surface area contributed by atoms with Crippen LogP contribution >= 0.6 is 0 Å². The molecular weight excluding hydrogens is 224 g/mol. The summed E-state index contributed by atoms with van der Waals surface area (Å²) in [7, 11) is 0. The minimum atomic E-state index is -0.844. The van der Waals surface area contributed by atoms with Gasteiger partial charge in [-0.2, -0.15) is 4.68 Å². The van der Waals surface area contributed by atoms with Crippen molar-refractivity contribution in [3.63, 3.8) is 0 Å². The highest BCUT2D eigenvalue weighted by molar-refractivity contribution is 5.42. The second-order valence-corrected chi connectivity index (χ2v) is 4.44. The van der Waals surface area contributed by atoms with Gasteiger partial charge >= 0.3 is 5.76 Å². The Morgan fingerprint density at radius 1 is 1.53 bits per heavy atom. The van der Waals surface area contributed by atoms with Gasteiger partial charge in [0.2, 0.25) is 0 Å². The number of aryl methyl sites for hydroxylation is 1. The van der Waals surface area contributed by atoms with Crippen molar-refractivity contribution in [1.29, 1.82) is 0 Å². The maximum atomic E-state index is 11.5. The minimum absolute atomic E-state index is 0.149. The van der Waals surface area contributed by atoms with Crippen molar-refractivity contribution in [1.82, 2.24) is 9.78 Å². The quantitative estimate of drug-likeness (QED) is 0.867. The summed E-state index contributed by atoms with van der Waals surface area (Å²) in [6, 6.07) is 3.34. The van der Waals surface area contributed by atoms with Gasteiger partial charge in [0.25, 0.3) is 5.89 Å². The fourth-order valence-corrected chi connectivity index (χ4v) is 1.33. The number of aromatic nitrogens is 2. The molecule has 2 aromatic rings. The van der Waals surface area contributed by atoms with E-state index in [2.05, 4.69) is 5.10 Å². The molecule has 0 aromatic carbocycles. The summed E-state index contributed by atoms with van der Waals surface area (Å²) in [5, 5.41) is 13.6. The Kier molecular flexibility index (Phi) is 2.89. The number of hydrogen-bond acceptors (Lipinski definition) is 5. The number of hydrogen-bond donors (Lipinski definition) is 1. The molecule has 0 aliphatic heterocycles. The first-order valence-corrected chi connectivity index (χ1v) is 5.30. The SMILES string of the molecule is CC(C)(O)CCn1nc(-c2ccco2)oc1=O. The van der Waals surface area contributed by atoms with Gasteiger partial charge in [-0.15, -0.1) is 5.10 Å². The van der Waals surface area contributed by atoms with E-state index in [4.69, 9.17) is 8.83 Å². The molecule has 0 atom stereocenters. The van der Waals surface area contributed by atoms with Crippen molar-refractivity contribution in [2.24, 2.45) is 0 Å². The molecule has 2 aromatic heterocycles. The Morgan fingerprint density at radius 3 is 2.88 bits per heavy atom. The molecule has 0 fully saturated rings. The number of furan rings is 1. The predicted octanol–water partition coefficient (Wildman–Crippen LogP) is 1.26. The van der Waals surface area contributed by atoms with E-state index in [0.717, 1.165) is 0 Å². The molecule has 0 unspecified atom stereocenters. The lowest BCUT2D eigenvalue weighted by molar-refractivity contribution is 0.0645. The van der Waals surface area contributed by atoms with Gasteiger partial charge in [0.15, 0.2) is 5.76 Å². The molecule has 6 heteroatoms. The first-order valence-electron chi connectivity index (χ1n) is 5.30. The summed E-state index contributed by atoms with van der Waals surface area (Å²) in [5.74, 6) is 0.000467. The lowest BCUT2D eigenvalue weighted by Gasteiger charge is -2.15. The van der Waals surface area contributed by atoms with E-state index in [1.165, 1.54) is 10.9 Å². The van der Waals surface area contributed by atoms with Crippen LogP contribution in [0.5, 0.6) is 0 Å². The molecule has 0 saturated heterocycles. The standard InChI is InChI=1S/C11H14N2O4/c1-11(2,15)5-6-13-10(14)17-9(12-13)8-4-3-7-16-8/h3-4,7,15H,5-6H2,1-2H3. The van der Waals surface area contributed by atoms with Crippen LogP contribution in [0.4, 0.5) is 0 Å². The predicted molar refractivity (Wildman–Crippen MR) is 59.4 cm³/mol. The largest absolute Gasteiger partial charge is 0.459 e. The van der Waals surface area contributed by atoms with Crippen LogP contribution < -0.4 is 5.76 Å². The lowest BCUT2D eigenvalue weighted by atomic mass is 10.1. The third-order valence-electron chi connectivity index (χ3n) is 2.27. The minimum Gasteiger partial charge on any atom is -0.459 e. The van der Waals surface area contributed by atoms with E-state index in [9.17, 15) is 9.90 Å². The summed E-state index contributed by atoms with van der Waals surface area (Å²) in [5.41, 5.74) is -0.844. The van der Waals surface area contributed by atoms with Gasteiger partial charge in [0.1, 0.15) is 0 Å². The molecule has 0 radical (unpaired) electrons. The van der Waals surface area contributed by atoms with Crippen LogP contribution in [0.3, 0.4) is 0 Å². The monoisotopic (exact) mass is 238 g/mol. The van der Waals surface area contributed by atoms with Gasteiger partial charge in [-0.25, -0.2) is 4.79 Å². The fraction of sp³-hybridized carbons (Fsp3) is 0.455. The summed E-state index contributed by atoms with van der Waals surface area (Å²) in [4.78, 5) is 11.5. The van der Waals surface area contributed by atoms with E-state index < -0.39 is 11.4 Å². The first-order chi connectivity index (χ1) is 7.96. The zero-order chi connectivity index (χ0) is 12.5. The molecule has 0 spiro atoms. The van der Waals surface area contributed by atoms with Crippen molar-refractivity contribution >= 4 is 0 Å². The molecule has 0 saturated carbocycles. The van der Waals surface area contributed by atoms with Crippen LogP contribution in [0, 0.1) is 0 Å². The van der Waals surface area contributed by atoms with Crippen LogP contribution in [0.1, 0.15) is 20.3 Å². The Bertz CT molecular complexity index is 531. The molecular formula is C11H14N2O4. The molecule has 17 heavy (non-hydrogen) atoms. The van der Waals surface area contributed by atoms with Gasteiger partial charge in [0, 0.05) is 0 Å². The van der Waals surface area contributed by atoms with E-state index in [1.54, 1.807) is 26.0 Å². The molecule has 0 aliphatic carbocycles. The lowest BCUT2D eigenvalue weighted by Crippen LogP contribution is -2.25. The van der Waals surface area contributed by atoms with E-state index in [0.29, 0.717) is 18.7 Å². The van der Waals surface area contributed by atoms with Crippen LogP contribution in [-0.4, -0.2) is 20.5 Å². The van der Waals surface area contributed by atoms with Crippen LogP contribution in [0.25, 0.3) is 11.7 Å². The molecule has 2 heterocycles. The van der Waals surface area contributed by atoms with Crippen molar-refractivity contribution in [3.05, 3.63) is 28.9 Å². The average molecular weight is 238 g/mol. The van der Waals surface area contributed by atoms with Gasteiger partial charge < -0.3 is 13.9 Å². The number of aliphatic hydroxyl groups is 1. The zero-order valence-corrected chi connectivity index (χ0v) is 9.71. The third-order valence-corrected chi connectivity index (χ3v) is 2.27. The number of rotatable bonds is 4. The molecule has 92 valence electrons. The average Bonchev–Trinajstić information content (AvgIpc) is 2.82. The maximum absolute atomic E-state index is 11.5. The topological polar surface area (TPSA) is 81.4 Å². The van der Waals surface area contributed by atoms with E-state index in [-0.39, 0.29) is 5.89 Å². The van der Waals surface area contributed by atoms with Crippen molar-refractivity contribution in [2.75, 3.05) is 0 Å². The van der Waals surface area contributed by atoms with Crippen molar-refractivity contribution in [2.45, 2.75) is 32.4 Å². The van der Waals surface area contributed by atoms with Gasteiger partial charge in [-0.1, -0.05) is 0 Å². The van der Waals surface area contributed by atoms with Crippen LogP contribution in [0.2, 0.25) is 0 Å². The van der Waals surface area contributed by atoms with E-state index in [1.807, 2.05) is 0 Å². The van der Waals surface area contributed by atoms with Crippen molar-refractivity contribution in [3.8, 4) is 11.7 Å². The Morgan fingerprint density at radius 2 is 2.29 bits per heavy atom. The normalized spacial score (nSPS) is 11.9. The maximum Gasteiger partial charge on any atom is 0.437 e. The van der Waals surface area contributed by atoms with Crippen LogP contribution in [0.15, 0.2) is 32.0 Å². The Balaban J connectivity index is 2.18. The summed E-state index contributed by atoms with van der Waals surface area (Å²) < 4.78 is 11.2. The molecule has 2 rings (SSSR count).